The number of aliphatic carboxylic acids is 1. The van der Waals surface area contributed by atoms with E-state index >= 15 is 0 Å². The highest BCUT2D eigenvalue weighted by Gasteiger charge is 2.38. The molecule has 0 radical (unpaired) electrons. The van der Waals surface area contributed by atoms with Gasteiger partial charge in [0.05, 0.1) is 11.3 Å². The molecule has 1 atom stereocenters. The highest BCUT2D eigenvalue weighted by Crippen LogP contribution is 2.28. The zero-order chi connectivity index (χ0) is 22.7. The van der Waals surface area contributed by atoms with Crippen molar-refractivity contribution in [2.45, 2.75) is 42.7 Å². The molecule has 32 heavy (non-hydrogen) atoms. The molecule has 1 heterocycles. The second-order valence-electron chi connectivity index (χ2n) is 7.62. The van der Waals surface area contributed by atoms with Gasteiger partial charge < -0.3 is 10.0 Å². The van der Waals surface area contributed by atoms with Crippen molar-refractivity contribution in [2.75, 3.05) is 6.54 Å². The number of amides is 1. The smallest absolute Gasteiger partial charge is 0.305 e. The molecule has 1 aromatic heterocycles. The largest absolute Gasteiger partial charge is 0.481 e. The number of H-pyrrole nitrogens is 1. The summed E-state index contributed by atoms with van der Waals surface area (Å²) in [5.41, 5.74) is 0. The van der Waals surface area contributed by atoms with Crippen LogP contribution in [0.2, 0.25) is 0 Å². The van der Waals surface area contributed by atoms with Crippen LogP contribution < -0.4 is 4.72 Å². The van der Waals surface area contributed by atoms with Crippen molar-refractivity contribution in [1.82, 2.24) is 30.2 Å². The van der Waals surface area contributed by atoms with Crippen molar-refractivity contribution in [1.29, 1.82) is 0 Å². The van der Waals surface area contributed by atoms with Crippen LogP contribution in [0.15, 0.2) is 47.4 Å². The number of aromatic amines is 1. The second kappa shape index (κ2) is 9.01. The van der Waals surface area contributed by atoms with Gasteiger partial charge in [0, 0.05) is 19.0 Å². The highest BCUT2D eigenvalue weighted by atomic mass is 32.2. The first-order chi connectivity index (χ1) is 15.3. The number of nitrogens with zero attached hydrogens (tertiary/aromatic N) is 4. The fraction of sp³-hybridized carbons (Fsp3) is 0.350. The van der Waals surface area contributed by atoms with E-state index in [2.05, 4.69) is 25.3 Å². The van der Waals surface area contributed by atoms with E-state index in [4.69, 9.17) is 0 Å². The summed E-state index contributed by atoms with van der Waals surface area (Å²) < 4.78 is 28.3. The molecule has 3 N–H and O–H groups in total. The Hall–Kier alpha value is -3.38. The molecule has 2 aromatic carbocycles. The lowest BCUT2D eigenvalue weighted by Crippen LogP contribution is -2.50. The van der Waals surface area contributed by atoms with E-state index in [0.29, 0.717) is 12.2 Å². The molecule has 1 aliphatic carbocycles. The fourth-order valence-corrected chi connectivity index (χ4v) is 4.74. The number of nitrogens with one attached hydrogen (secondary N) is 2. The van der Waals surface area contributed by atoms with Crippen LogP contribution >= 0.6 is 0 Å². The Morgan fingerprint density at radius 3 is 2.59 bits per heavy atom. The number of rotatable bonds is 10. The van der Waals surface area contributed by atoms with Gasteiger partial charge in [0.1, 0.15) is 6.04 Å². The molecular formula is C20H22N6O5S. The minimum absolute atomic E-state index is 0.0378. The van der Waals surface area contributed by atoms with E-state index in [-0.39, 0.29) is 17.5 Å². The number of fused-ring (bicyclic) bond motifs is 1. The second-order valence-corrected chi connectivity index (χ2v) is 9.34. The van der Waals surface area contributed by atoms with Crippen molar-refractivity contribution in [3.63, 3.8) is 0 Å². The summed E-state index contributed by atoms with van der Waals surface area (Å²) in [4.78, 5) is 26.1. The van der Waals surface area contributed by atoms with E-state index in [1.807, 2.05) is 12.1 Å². The number of tetrazole rings is 1. The van der Waals surface area contributed by atoms with Crippen LogP contribution in [0, 0.1) is 0 Å². The summed E-state index contributed by atoms with van der Waals surface area (Å²) >= 11 is 0. The zero-order valence-electron chi connectivity index (χ0n) is 17.0. The Balaban J connectivity index is 1.55. The summed E-state index contributed by atoms with van der Waals surface area (Å²) in [6.07, 6.45) is 1.19. The van der Waals surface area contributed by atoms with Crippen molar-refractivity contribution >= 4 is 32.7 Å². The Bertz CT molecular complexity index is 1230. The van der Waals surface area contributed by atoms with E-state index in [0.717, 1.165) is 23.6 Å². The van der Waals surface area contributed by atoms with E-state index in [1.54, 1.807) is 18.2 Å². The molecule has 4 rings (SSSR count). The van der Waals surface area contributed by atoms with Crippen molar-refractivity contribution < 1.29 is 23.1 Å². The summed E-state index contributed by atoms with van der Waals surface area (Å²) in [5, 5.41) is 24.4. The van der Waals surface area contributed by atoms with E-state index in [1.165, 1.54) is 17.0 Å². The maximum Gasteiger partial charge on any atom is 0.305 e. The van der Waals surface area contributed by atoms with Gasteiger partial charge in [0.2, 0.25) is 15.9 Å². The molecule has 1 amide bonds. The van der Waals surface area contributed by atoms with Gasteiger partial charge in [-0.05, 0) is 35.7 Å². The SMILES string of the molecule is O=C(O)C[C@H](NS(=O)(=O)c1ccc2ccccc2c1)C(=O)N(CCc1nn[nH]n1)C1CC1. The number of carboxylic acid groups (broad SMARTS) is 1. The lowest BCUT2D eigenvalue weighted by atomic mass is 10.1. The number of sulfonamides is 1. The van der Waals surface area contributed by atoms with Crippen LogP contribution in [-0.4, -0.2) is 69.6 Å². The Labute approximate surface area is 183 Å². The predicted octanol–water partition coefficient (Wildman–Crippen LogP) is 0.708. The number of aromatic nitrogens is 4. The van der Waals surface area contributed by atoms with Gasteiger partial charge in [-0.25, -0.2) is 8.42 Å². The first-order valence-electron chi connectivity index (χ1n) is 10.1. The molecular weight excluding hydrogens is 436 g/mol. The molecule has 168 valence electrons. The molecule has 0 unspecified atom stereocenters. The third kappa shape index (κ3) is 5.08. The standard InChI is InChI=1S/C20H22N6O5S/c27-19(28)12-17(20(29)26(15-6-7-15)10-9-18-21-24-25-22-18)23-32(30,31)16-8-5-13-3-1-2-4-14(13)11-16/h1-5,8,11,15,17,23H,6-7,9-10,12H2,(H,27,28)(H,21,22,24,25)/t17-/m0/s1. The minimum Gasteiger partial charge on any atom is -0.481 e. The summed E-state index contributed by atoms with van der Waals surface area (Å²) in [6.45, 7) is 0.233. The Morgan fingerprint density at radius 2 is 1.94 bits per heavy atom. The minimum atomic E-state index is -4.14. The topological polar surface area (TPSA) is 158 Å². The normalized spacial score (nSPS) is 14.9. The maximum absolute atomic E-state index is 13.2. The quantitative estimate of drug-likeness (QED) is 0.401. The molecule has 11 nitrogen and oxygen atoms in total. The van der Waals surface area contributed by atoms with Crippen molar-refractivity contribution in [3.8, 4) is 0 Å². The number of benzene rings is 2. The van der Waals surface area contributed by atoms with Gasteiger partial charge >= 0.3 is 5.97 Å². The lowest BCUT2D eigenvalue weighted by Gasteiger charge is -2.27. The van der Waals surface area contributed by atoms with Gasteiger partial charge in [0.15, 0.2) is 5.82 Å². The zero-order valence-corrected chi connectivity index (χ0v) is 17.8. The van der Waals surface area contributed by atoms with E-state index in [9.17, 15) is 23.1 Å². The van der Waals surface area contributed by atoms with Crippen LogP contribution in [-0.2, 0) is 26.0 Å². The first-order valence-corrected chi connectivity index (χ1v) is 11.6. The van der Waals surface area contributed by atoms with Gasteiger partial charge in [-0.3, -0.25) is 9.59 Å². The van der Waals surface area contributed by atoms with Crippen LogP contribution in [0.5, 0.6) is 0 Å². The van der Waals surface area contributed by atoms with Crippen LogP contribution in [0.1, 0.15) is 25.1 Å². The highest BCUT2D eigenvalue weighted by molar-refractivity contribution is 7.89. The Morgan fingerprint density at radius 1 is 1.19 bits per heavy atom. The van der Waals surface area contributed by atoms with Crippen molar-refractivity contribution in [3.05, 3.63) is 48.3 Å². The molecule has 3 aromatic rings. The molecule has 1 saturated carbocycles. The van der Waals surface area contributed by atoms with Crippen LogP contribution in [0.3, 0.4) is 0 Å². The average Bonchev–Trinajstić information content (AvgIpc) is 3.46. The third-order valence-corrected chi connectivity index (χ3v) is 6.71. The predicted molar refractivity (Wildman–Crippen MR) is 113 cm³/mol. The first kappa shape index (κ1) is 21.8. The monoisotopic (exact) mass is 458 g/mol. The maximum atomic E-state index is 13.2. The number of carbonyl (C=O) groups is 2. The number of hydrogen-bond donors (Lipinski definition) is 3. The summed E-state index contributed by atoms with van der Waals surface area (Å²) in [6, 6.07) is 10.4. The molecule has 1 aliphatic rings. The number of hydrogen-bond acceptors (Lipinski definition) is 7. The molecule has 0 aliphatic heterocycles. The molecule has 0 spiro atoms. The molecule has 0 bridgehead atoms. The fourth-order valence-electron chi connectivity index (χ4n) is 3.51. The van der Waals surface area contributed by atoms with Crippen LogP contribution in [0.25, 0.3) is 10.8 Å². The number of carbonyl (C=O) groups excluding carboxylic acids is 1. The van der Waals surface area contributed by atoms with E-state index < -0.39 is 34.4 Å². The van der Waals surface area contributed by atoms with Crippen LogP contribution in [0.4, 0.5) is 0 Å². The molecule has 0 saturated heterocycles. The Kier molecular flexibility index (Phi) is 6.15. The summed E-state index contributed by atoms with van der Waals surface area (Å²) in [5.74, 6) is -1.45. The molecule has 12 heteroatoms. The number of carboxylic acids is 1. The van der Waals surface area contributed by atoms with Gasteiger partial charge in [-0.2, -0.15) is 9.94 Å². The van der Waals surface area contributed by atoms with Gasteiger partial charge in [-0.1, -0.05) is 35.5 Å². The van der Waals surface area contributed by atoms with Gasteiger partial charge in [-0.15, -0.1) is 10.2 Å². The molecule has 1 fully saturated rings. The summed E-state index contributed by atoms with van der Waals surface area (Å²) in [7, 11) is -4.14. The van der Waals surface area contributed by atoms with Crippen molar-refractivity contribution in [2.24, 2.45) is 0 Å². The van der Waals surface area contributed by atoms with Gasteiger partial charge in [0.25, 0.3) is 0 Å². The average molecular weight is 459 g/mol. The third-order valence-electron chi connectivity index (χ3n) is 5.24. The lowest BCUT2D eigenvalue weighted by molar-refractivity contribution is -0.142.